The van der Waals surface area contributed by atoms with Crippen LogP contribution < -0.4 is 10.9 Å². The summed E-state index contributed by atoms with van der Waals surface area (Å²) < 4.78 is 7.04. The molecule has 2 rings (SSSR count). The van der Waals surface area contributed by atoms with Gasteiger partial charge in [-0.3, -0.25) is 9.69 Å². The van der Waals surface area contributed by atoms with Gasteiger partial charge in [-0.05, 0) is 13.3 Å². The second kappa shape index (κ2) is 7.40. The van der Waals surface area contributed by atoms with Crippen molar-refractivity contribution in [1.82, 2.24) is 14.5 Å². The van der Waals surface area contributed by atoms with E-state index in [0.717, 1.165) is 45.8 Å². The number of nitrogens with zero attached hydrogens (tertiary/aromatic N) is 3. The molecular formula is C14H24N4O2. The highest BCUT2D eigenvalue weighted by Gasteiger charge is 2.15. The van der Waals surface area contributed by atoms with E-state index in [-0.39, 0.29) is 11.6 Å². The minimum absolute atomic E-state index is 0.0387. The van der Waals surface area contributed by atoms with E-state index in [9.17, 15) is 4.79 Å². The summed E-state index contributed by atoms with van der Waals surface area (Å²) in [6.45, 7) is 9.25. The van der Waals surface area contributed by atoms with Gasteiger partial charge in [-0.15, -0.1) is 0 Å². The van der Waals surface area contributed by atoms with Gasteiger partial charge in [-0.1, -0.05) is 6.92 Å². The fourth-order valence-corrected chi connectivity index (χ4v) is 2.41. The van der Waals surface area contributed by atoms with Crippen LogP contribution in [-0.4, -0.2) is 53.3 Å². The summed E-state index contributed by atoms with van der Waals surface area (Å²) in [6, 6.07) is 0.186. The van der Waals surface area contributed by atoms with Crippen molar-refractivity contribution in [1.29, 1.82) is 0 Å². The number of aromatic nitrogens is 2. The average Bonchev–Trinajstić information content (AvgIpc) is 2.44. The van der Waals surface area contributed by atoms with Crippen molar-refractivity contribution in [3.63, 3.8) is 0 Å². The van der Waals surface area contributed by atoms with Crippen LogP contribution >= 0.6 is 0 Å². The fraction of sp³-hybridized carbons (Fsp3) is 0.714. The third-order valence-corrected chi connectivity index (χ3v) is 3.40. The molecule has 6 nitrogen and oxygen atoms in total. The fourth-order valence-electron chi connectivity index (χ4n) is 2.41. The molecule has 0 spiro atoms. The highest BCUT2D eigenvalue weighted by molar-refractivity contribution is 5.32. The lowest BCUT2D eigenvalue weighted by molar-refractivity contribution is 0.0368. The summed E-state index contributed by atoms with van der Waals surface area (Å²) >= 11 is 0. The molecule has 0 bridgehead atoms. The summed E-state index contributed by atoms with van der Waals surface area (Å²) in [7, 11) is 0. The first-order chi connectivity index (χ1) is 9.70. The average molecular weight is 280 g/mol. The van der Waals surface area contributed by atoms with Crippen LogP contribution in [0.3, 0.4) is 0 Å². The van der Waals surface area contributed by atoms with Crippen LogP contribution in [0.4, 0.5) is 5.82 Å². The lowest BCUT2D eigenvalue weighted by Crippen LogP contribution is -2.43. The third-order valence-electron chi connectivity index (χ3n) is 3.40. The smallest absolute Gasteiger partial charge is 0.293 e. The van der Waals surface area contributed by atoms with Crippen LogP contribution in [-0.2, 0) is 11.3 Å². The summed E-state index contributed by atoms with van der Waals surface area (Å²) in [5.74, 6) is 0.446. The maximum Gasteiger partial charge on any atom is 0.293 e. The van der Waals surface area contributed by atoms with Crippen molar-refractivity contribution in [2.24, 2.45) is 0 Å². The molecule has 112 valence electrons. The largest absolute Gasteiger partial charge is 0.379 e. The predicted molar refractivity (Wildman–Crippen MR) is 79.1 cm³/mol. The number of anilines is 1. The van der Waals surface area contributed by atoms with Crippen LogP contribution in [0.15, 0.2) is 17.2 Å². The molecule has 1 atom stereocenters. The Balaban J connectivity index is 1.94. The zero-order valence-electron chi connectivity index (χ0n) is 12.3. The van der Waals surface area contributed by atoms with Crippen molar-refractivity contribution in [3.05, 3.63) is 22.7 Å². The molecule has 1 aromatic rings. The molecule has 6 heteroatoms. The standard InChI is InChI=1S/C14H24N4O2/c1-3-5-18-6-4-15-13(14(18)19)16-12(2)11-17-7-9-20-10-8-17/h4,6,12H,3,5,7-11H2,1-2H3,(H,15,16). The normalized spacial score (nSPS) is 17.9. The Morgan fingerprint density at radius 3 is 2.90 bits per heavy atom. The summed E-state index contributed by atoms with van der Waals surface area (Å²) in [5.41, 5.74) is -0.0387. The number of morpholine rings is 1. The molecule has 1 fully saturated rings. The molecular weight excluding hydrogens is 256 g/mol. The van der Waals surface area contributed by atoms with Gasteiger partial charge >= 0.3 is 0 Å². The lowest BCUT2D eigenvalue weighted by atomic mass is 10.3. The molecule has 2 heterocycles. The van der Waals surface area contributed by atoms with E-state index in [2.05, 4.69) is 29.0 Å². The molecule has 0 amide bonds. The van der Waals surface area contributed by atoms with E-state index >= 15 is 0 Å². The van der Waals surface area contributed by atoms with Gasteiger partial charge in [0.15, 0.2) is 5.82 Å². The van der Waals surface area contributed by atoms with Gasteiger partial charge in [-0.25, -0.2) is 4.98 Å². The molecule has 1 saturated heterocycles. The van der Waals surface area contributed by atoms with Crippen molar-refractivity contribution in [2.45, 2.75) is 32.9 Å². The highest BCUT2D eigenvalue weighted by Crippen LogP contribution is 2.02. The van der Waals surface area contributed by atoms with Crippen molar-refractivity contribution >= 4 is 5.82 Å². The van der Waals surface area contributed by atoms with Crippen LogP contribution in [0.1, 0.15) is 20.3 Å². The number of aryl methyl sites for hydroxylation is 1. The zero-order chi connectivity index (χ0) is 14.4. The number of hydrogen-bond donors (Lipinski definition) is 1. The van der Waals surface area contributed by atoms with Gasteiger partial charge in [-0.2, -0.15) is 0 Å². The molecule has 0 radical (unpaired) electrons. The predicted octanol–water partition coefficient (Wildman–Crippen LogP) is 0.786. The minimum Gasteiger partial charge on any atom is -0.379 e. The van der Waals surface area contributed by atoms with E-state index in [4.69, 9.17) is 4.74 Å². The lowest BCUT2D eigenvalue weighted by Gasteiger charge is -2.29. The topological polar surface area (TPSA) is 59.4 Å². The Hall–Kier alpha value is -1.40. The highest BCUT2D eigenvalue weighted by atomic mass is 16.5. The first-order valence-electron chi connectivity index (χ1n) is 7.32. The van der Waals surface area contributed by atoms with Gasteiger partial charge in [0.05, 0.1) is 13.2 Å². The van der Waals surface area contributed by atoms with Crippen molar-refractivity contribution in [2.75, 3.05) is 38.2 Å². The number of ether oxygens (including phenoxy) is 1. The third kappa shape index (κ3) is 4.05. The van der Waals surface area contributed by atoms with Gasteiger partial charge in [0.2, 0.25) is 0 Å². The molecule has 1 aromatic heterocycles. The molecule has 0 saturated carbocycles. The molecule has 1 N–H and O–H groups in total. The van der Waals surface area contributed by atoms with Gasteiger partial charge in [0, 0.05) is 44.6 Å². The molecule has 0 aliphatic carbocycles. The molecule has 1 aliphatic rings. The van der Waals surface area contributed by atoms with E-state index in [1.165, 1.54) is 0 Å². The van der Waals surface area contributed by atoms with Crippen molar-refractivity contribution < 1.29 is 4.74 Å². The number of hydrogen-bond acceptors (Lipinski definition) is 5. The van der Waals surface area contributed by atoms with Crippen LogP contribution in [0.2, 0.25) is 0 Å². The molecule has 20 heavy (non-hydrogen) atoms. The van der Waals surface area contributed by atoms with E-state index in [1.807, 2.05) is 0 Å². The monoisotopic (exact) mass is 280 g/mol. The maximum absolute atomic E-state index is 12.2. The second-order valence-corrected chi connectivity index (χ2v) is 5.23. The van der Waals surface area contributed by atoms with Crippen LogP contribution in [0, 0.1) is 0 Å². The second-order valence-electron chi connectivity index (χ2n) is 5.23. The van der Waals surface area contributed by atoms with E-state index in [1.54, 1.807) is 17.0 Å². The molecule has 1 aliphatic heterocycles. The zero-order valence-corrected chi connectivity index (χ0v) is 12.3. The van der Waals surface area contributed by atoms with E-state index < -0.39 is 0 Å². The number of nitrogens with one attached hydrogen (secondary N) is 1. The first kappa shape index (κ1) is 15.0. The van der Waals surface area contributed by atoms with Gasteiger partial charge in [0.1, 0.15) is 0 Å². The number of rotatable bonds is 6. The van der Waals surface area contributed by atoms with Gasteiger partial charge < -0.3 is 14.6 Å². The van der Waals surface area contributed by atoms with Crippen LogP contribution in [0.25, 0.3) is 0 Å². The molecule has 0 aromatic carbocycles. The molecule has 1 unspecified atom stereocenters. The summed E-state index contributed by atoms with van der Waals surface area (Å²) in [4.78, 5) is 18.7. The Morgan fingerprint density at radius 1 is 1.45 bits per heavy atom. The Bertz CT molecular complexity index is 468. The Labute approximate surface area is 119 Å². The van der Waals surface area contributed by atoms with E-state index in [0.29, 0.717) is 5.82 Å². The maximum atomic E-state index is 12.2. The van der Waals surface area contributed by atoms with Crippen molar-refractivity contribution in [3.8, 4) is 0 Å². The van der Waals surface area contributed by atoms with Crippen LogP contribution in [0.5, 0.6) is 0 Å². The first-order valence-corrected chi connectivity index (χ1v) is 7.32. The minimum atomic E-state index is -0.0387. The summed E-state index contributed by atoms with van der Waals surface area (Å²) in [5, 5.41) is 3.23. The Kier molecular flexibility index (Phi) is 5.55. The SMILES string of the molecule is CCCn1ccnc(NC(C)CN2CCOCC2)c1=O. The quantitative estimate of drug-likeness (QED) is 0.834. The summed E-state index contributed by atoms with van der Waals surface area (Å²) in [6.07, 6.45) is 4.36. The Morgan fingerprint density at radius 2 is 2.20 bits per heavy atom. The van der Waals surface area contributed by atoms with Gasteiger partial charge in [0.25, 0.3) is 5.56 Å².